The van der Waals surface area contributed by atoms with Crippen molar-refractivity contribution in [1.29, 1.82) is 0 Å². The highest BCUT2D eigenvalue weighted by atomic mass is 16.5. The van der Waals surface area contributed by atoms with Crippen molar-refractivity contribution in [3.05, 3.63) is 230 Å². The number of anilines is 1. The second-order valence-corrected chi connectivity index (χ2v) is 16.3. The molecule has 0 aliphatic rings. The summed E-state index contributed by atoms with van der Waals surface area (Å²) >= 11 is 0. The third-order valence-electron chi connectivity index (χ3n) is 12.4. The molecule has 6 nitrogen and oxygen atoms in total. The Bertz CT molecular complexity index is 3690. The molecule has 12 aromatic rings. The van der Waals surface area contributed by atoms with Crippen molar-refractivity contribution in [3.63, 3.8) is 0 Å². The Morgan fingerprint density at radius 2 is 0.954 bits per heavy atom. The smallest absolute Gasteiger partial charge is 0.235 e. The van der Waals surface area contributed by atoms with Gasteiger partial charge in [-0.05, 0) is 64.2 Å². The van der Waals surface area contributed by atoms with E-state index in [4.69, 9.17) is 20.4 Å². The van der Waals surface area contributed by atoms with Crippen LogP contribution in [0.5, 0.6) is 5.75 Å². The fraction of sp³-hybridized carbons (Fsp3) is 0.0169. The first-order valence-corrected chi connectivity index (χ1v) is 21.9. The molecule has 0 fully saturated rings. The zero-order valence-electron chi connectivity index (χ0n) is 35.3. The van der Waals surface area contributed by atoms with Gasteiger partial charge in [-0.25, -0.2) is 9.97 Å². The van der Waals surface area contributed by atoms with E-state index in [-0.39, 0.29) is 0 Å². The monoisotopic (exact) mass is 835 g/mol. The SMILES string of the molecule is Nc1ccc2c(c1OCc1ccccc1)c1cccc(-n3c4ccccc4c4c(-c5ccccc5)cccc43)c1n2-c1nc(-c2ccccc2)cc(-c2ccc(-c3ccccc3)cc2)n1. The Balaban J connectivity index is 1.17. The summed E-state index contributed by atoms with van der Waals surface area (Å²) in [7, 11) is 0. The molecule has 0 saturated carbocycles. The van der Waals surface area contributed by atoms with Crippen LogP contribution in [0.4, 0.5) is 5.69 Å². The molecule has 0 amide bonds. The van der Waals surface area contributed by atoms with Gasteiger partial charge in [0.15, 0.2) is 5.75 Å². The first-order valence-electron chi connectivity index (χ1n) is 21.9. The molecule has 12 rings (SSSR count). The van der Waals surface area contributed by atoms with Crippen LogP contribution in [0.25, 0.3) is 100 Å². The van der Waals surface area contributed by atoms with Gasteiger partial charge in [-0.3, -0.25) is 4.57 Å². The lowest BCUT2D eigenvalue weighted by Crippen LogP contribution is -2.06. The van der Waals surface area contributed by atoms with Crippen molar-refractivity contribution in [3.8, 4) is 62.2 Å². The number of hydrogen-bond donors (Lipinski definition) is 1. The molecule has 0 spiro atoms. The van der Waals surface area contributed by atoms with Crippen molar-refractivity contribution in [2.45, 2.75) is 6.61 Å². The van der Waals surface area contributed by atoms with Gasteiger partial charge in [0.1, 0.15) is 6.61 Å². The third kappa shape index (κ3) is 6.59. The van der Waals surface area contributed by atoms with Crippen molar-refractivity contribution in [2.24, 2.45) is 0 Å². The minimum Gasteiger partial charge on any atom is -0.486 e. The summed E-state index contributed by atoms with van der Waals surface area (Å²) in [6.07, 6.45) is 0. The predicted octanol–water partition coefficient (Wildman–Crippen LogP) is 14.5. The normalized spacial score (nSPS) is 11.5. The van der Waals surface area contributed by atoms with Crippen LogP contribution in [0.1, 0.15) is 5.56 Å². The molecule has 9 aromatic carbocycles. The molecule has 0 radical (unpaired) electrons. The highest BCUT2D eigenvalue weighted by molar-refractivity contribution is 6.19. The number of fused-ring (bicyclic) bond motifs is 6. The lowest BCUT2D eigenvalue weighted by atomic mass is 9.99. The fourth-order valence-corrected chi connectivity index (χ4v) is 9.44. The minimum atomic E-state index is 0.356. The molecule has 65 heavy (non-hydrogen) atoms. The maximum atomic E-state index is 6.93. The van der Waals surface area contributed by atoms with Gasteiger partial charge >= 0.3 is 0 Å². The van der Waals surface area contributed by atoms with Crippen LogP contribution < -0.4 is 10.5 Å². The Hall–Kier alpha value is -8.74. The molecule has 6 heteroatoms. The quantitative estimate of drug-likeness (QED) is 0.147. The molecule has 3 heterocycles. The van der Waals surface area contributed by atoms with Crippen LogP contribution in [0.2, 0.25) is 0 Å². The molecular weight excluding hydrogens is 795 g/mol. The molecule has 3 aromatic heterocycles. The number of nitrogen functional groups attached to an aromatic ring is 1. The summed E-state index contributed by atoms with van der Waals surface area (Å²) in [4.78, 5) is 10.9. The topological polar surface area (TPSA) is 70.9 Å². The lowest BCUT2D eigenvalue weighted by Gasteiger charge is -2.15. The molecule has 0 unspecified atom stereocenters. The van der Waals surface area contributed by atoms with E-state index in [2.05, 4.69) is 197 Å². The Labute approximate surface area is 376 Å². The zero-order chi connectivity index (χ0) is 43.3. The van der Waals surface area contributed by atoms with Crippen molar-refractivity contribution >= 4 is 49.3 Å². The number of benzene rings is 9. The van der Waals surface area contributed by atoms with E-state index >= 15 is 0 Å². The van der Waals surface area contributed by atoms with Crippen molar-refractivity contribution in [2.75, 3.05) is 5.73 Å². The molecular formula is C59H41N5O. The van der Waals surface area contributed by atoms with Crippen molar-refractivity contribution in [1.82, 2.24) is 19.1 Å². The average Bonchev–Trinajstić information content (AvgIpc) is 3.90. The van der Waals surface area contributed by atoms with E-state index in [1.807, 2.05) is 36.4 Å². The summed E-state index contributed by atoms with van der Waals surface area (Å²) in [6, 6.07) is 78.2. The molecule has 0 bridgehead atoms. The summed E-state index contributed by atoms with van der Waals surface area (Å²) in [5, 5.41) is 4.22. The number of ether oxygens (including phenoxy) is 1. The number of nitrogens with zero attached hydrogens (tertiary/aromatic N) is 4. The van der Waals surface area contributed by atoms with E-state index in [1.54, 1.807) is 0 Å². The van der Waals surface area contributed by atoms with Gasteiger partial charge in [0.05, 0.1) is 50.2 Å². The van der Waals surface area contributed by atoms with Crippen LogP contribution in [-0.2, 0) is 6.61 Å². The van der Waals surface area contributed by atoms with Crippen LogP contribution in [-0.4, -0.2) is 19.1 Å². The molecule has 2 N–H and O–H groups in total. The van der Waals surface area contributed by atoms with Crippen LogP contribution in [0.3, 0.4) is 0 Å². The highest BCUT2D eigenvalue weighted by Crippen LogP contribution is 2.46. The van der Waals surface area contributed by atoms with Gasteiger partial charge < -0.3 is 15.0 Å². The standard InChI is InChI=1S/C59H41N5O/c60-48-35-36-53-56(58(48)65-38-39-17-5-1-6-18-39)47-27-16-30-54(63-51-28-14-13-25-46(51)55-45(26-15-29-52(55)63)42-21-9-3-10-22-42)57(47)64(53)59-61-49(43-23-11-4-12-24-43)37-50(62-59)44-33-31-41(32-34-44)40-19-7-2-8-20-40/h1-37H,38,60H2. The molecule has 0 saturated heterocycles. The first kappa shape index (κ1) is 38.0. The number of hydrogen-bond acceptors (Lipinski definition) is 4. The number of aromatic nitrogens is 4. The fourth-order valence-electron chi connectivity index (χ4n) is 9.44. The number of para-hydroxylation sites is 2. The van der Waals surface area contributed by atoms with Crippen LogP contribution in [0, 0.1) is 0 Å². The Kier molecular flexibility index (Phi) is 9.27. The summed E-state index contributed by atoms with van der Waals surface area (Å²) in [5.74, 6) is 1.15. The number of nitrogens with two attached hydrogens (primary N) is 1. The second-order valence-electron chi connectivity index (χ2n) is 16.3. The molecule has 0 aliphatic heterocycles. The zero-order valence-corrected chi connectivity index (χ0v) is 35.3. The summed E-state index contributed by atoms with van der Waals surface area (Å²) in [5.41, 5.74) is 21.7. The van der Waals surface area contributed by atoms with Gasteiger partial charge in [-0.2, -0.15) is 0 Å². The molecule has 0 aliphatic carbocycles. The largest absolute Gasteiger partial charge is 0.486 e. The van der Waals surface area contributed by atoms with Crippen LogP contribution >= 0.6 is 0 Å². The van der Waals surface area contributed by atoms with E-state index in [9.17, 15) is 0 Å². The van der Waals surface area contributed by atoms with E-state index < -0.39 is 0 Å². The lowest BCUT2D eigenvalue weighted by molar-refractivity contribution is 0.312. The highest BCUT2D eigenvalue weighted by Gasteiger charge is 2.26. The predicted molar refractivity (Wildman–Crippen MR) is 268 cm³/mol. The maximum absolute atomic E-state index is 6.93. The van der Waals surface area contributed by atoms with E-state index in [1.165, 1.54) is 21.9 Å². The minimum absolute atomic E-state index is 0.356. The van der Waals surface area contributed by atoms with Crippen LogP contribution in [0.15, 0.2) is 224 Å². The van der Waals surface area contributed by atoms with Gasteiger partial charge in [0.25, 0.3) is 0 Å². The molecule has 0 atom stereocenters. The van der Waals surface area contributed by atoms with Gasteiger partial charge in [-0.15, -0.1) is 0 Å². The summed E-state index contributed by atoms with van der Waals surface area (Å²) < 4.78 is 11.4. The maximum Gasteiger partial charge on any atom is 0.235 e. The van der Waals surface area contributed by atoms with Gasteiger partial charge in [-0.1, -0.05) is 188 Å². The van der Waals surface area contributed by atoms with Gasteiger partial charge in [0, 0.05) is 27.3 Å². The Morgan fingerprint density at radius 3 is 1.68 bits per heavy atom. The molecule has 308 valence electrons. The van der Waals surface area contributed by atoms with Crippen molar-refractivity contribution < 1.29 is 4.74 Å². The van der Waals surface area contributed by atoms with E-state index in [0.717, 1.165) is 77.7 Å². The Morgan fingerprint density at radius 1 is 0.415 bits per heavy atom. The first-order chi connectivity index (χ1) is 32.2. The second kappa shape index (κ2) is 15.9. The van der Waals surface area contributed by atoms with Gasteiger partial charge in [0.2, 0.25) is 5.95 Å². The number of rotatable bonds is 9. The van der Waals surface area contributed by atoms with E-state index in [0.29, 0.717) is 24.0 Å². The average molecular weight is 836 g/mol. The summed E-state index contributed by atoms with van der Waals surface area (Å²) in [6.45, 7) is 0.356. The third-order valence-corrected chi connectivity index (χ3v) is 12.4.